The number of nitrogens with zero attached hydrogens (tertiary/aromatic N) is 2. The Labute approximate surface area is 111 Å². The number of hydrogen-bond donors (Lipinski definition) is 1. The number of rotatable bonds is 5. The summed E-state index contributed by atoms with van der Waals surface area (Å²) in [5.41, 5.74) is 0. The van der Waals surface area contributed by atoms with Gasteiger partial charge in [0.1, 0.15) is 0 Å². The van der Waals surface area contributed by atoms with Crippen LogP contribution in [0.5, 0.6) is 0 Å². The van der Waals surface area contributed by atoms with Gasteiger partial charge in [0.2, 0.25) is 0 Å². The molecule has 4 nitrogen and oxygen atoms in total. The normalized spacial score (nSPS) is 22.4. The van der Waals surface area contributed by atoms with Gasteiger partial charge in [0.25, 0.3) is 0 Å². The Bertz CT molecular complexity index is 271. The molecule has 0 aromatic carbocycles. The molecule has 1 aliphatic rings. The van der Waals surface area contributed by atoms with Crippen LogP contribution >= 0.6 is 0 Å². The first-order valence-corrected chi connectivity index (χ1v) is 6.92. The molecular formula is C14H28N2O2. The quantitative estimate of drug-likeness (QED) is 0.812. The van der Waals surface area contributed by atoms with E-state index >= 15 is 0 Å². The third-order valence-electron chi connectivity index (χ3n) is 4.21. The summed E-state index contributed by atoms with van der Waals surface area (Å²) >= 11 is 0. The van der Waals surface area contributed by atoms with E-state index in [9.17, 15) is 9.90 Å². The van der Waals surface area contributed by atoms with Crippen LogP contribution in [0.3, 0.4) is 0 Å². The van der Waals surface area contributed by atoms with Gasteiger partial charge in [-0.2, -0.15) is 0 Å². The molecule has 0 bridgehead atoms. The molecule has 1 fully saturated rings. The Morgan fingerprint density at radius 2 is 1.78 bits per heavy atom. The Morgan fingerprint density at radius 3 is 2.11 bits per heavy atom. The van der Waals surface area contributed by atoms with E-state index in [1.807, 2.05) is 27.9 Å². The molecule has 0 aliphatic carbocycles. The summed E-state index contributed by atoms with van der Waals surface area (Å²) in [5.74, 6) is -0.245. The van der Waals surface area contributed by atoms with Crippen molar-refractivity contribution in [3.05, 3.63) is 0 Å². The molecule has 0 radical (unpaired) electrons. The highest BCUT2D eigenvalue weighted by molar-refractivity contribution is 5.71. The fourth-order valence-electron chi connectivity index (χ4n) is 3.23. The van der Waals surface area contributed by atoms with Gasteiger partial charge >= 0.3 is 5.97 Å². The standard InChI is InChI=1S/C14H28N2O2/c1-10(2)12(14(17)18)13(15(3)4)11-6-8-16(5)9-7-11/h10-13H,6-9H2,1-5H3,(H,17,18). The highest BCUT2D eigenvalue weighted by atomic mass is 16.4. The number of carboxylic acids is 1. The second-order valence-electron chi connectivity index (χ2n) is 6.20. The average Bonchev–Trinajstić information content (AvgIpc) is 2.25. The third-order valence-corrected chi connectivity index (χ3v) is 4.21. The molecule has 4 heteroatoms. The number of hydrogen-bond acceptors (Lipinski definition) is 3. The number of aliphatic carboxylic acids is 1. The van der Waals surface area contributed by atoms with Crippen molar-refractivity contribution in [1.82, 2.24) is 9.80 Å². The lowest BCUT2D eigenvalue weighted by Crippen LogP contribution is -2.49. The average molecular weight is 256 g/mol. The van der Waals surface area contributed by atoms with E-state index in [0.717, 1.165) is 25.9 Å². The summed E-state index contributed by atoms with van der Waals surface area (Å²) < 4.78 is 0. The first-order chi connectivity index (χ1) is 8.34. The maximum Gasteiger partial charge on any atom is 0.308 e. The summed E-state index contributed by atoms with van der Waals surface area (Å²) in [5, 5.41) is 9.51. The van der Waals surface area contributed by atoms with Gasteiger partial charge in [-0.25, -0.2) is 0 Å². The number of likely N-dealkylation sites (tertiary alicyclic amines) is 1. The van der Waals surface area contributed by atoms with E-state index in [4.69, 9.17) is 0 Å². The van der Waals surface area contributed by atoms with Crippen molar-refractivity contribution in [2.75, 3.05) is 34.2 Å². The predicted octanol–water partition coefficient (Wildman–Crippen LogP) is 1.62. The fraction of sp³-hybridized carbons (Fsp3) is 0.929. The van der Waals surface area contributed by atoms with E-state index in [0.29, 0.717) is 5.92 Å². The summed E-state index contributed by atoms with van der Waals surface area (Å²) in [4.78, 5) is 16.0. The van der Waals surface area contributed by atoms with Crippen molar-refractivity contribution >= 4 is 5.97 Å². The summed E-state index contributed by atoms with van der Waals surface area (Å²) in [6.45, 7) is 6.20. The largest absolute Gasteiger partial charge is 0.481 e. The van der Waals surface area contributed by atoms with Crippen LogP contribution in [0.15, 0.2) is 0 Å². The molecule has 2 atom stereocenters. The van der Waals surface area contributed by atoms with Gasteiger partial charge in [-0.1, -0.05) is 13.8 Å². The number of carbonyl (C=O) groups is 1. The maximum absolute atomic E-state index is 11.6. The number of piperidine rings is 1. The van der Waals surface area contributed by atoms with E-state index in [1.165, 1.54) is 0 Å². The predicted molar refractivity (Wildman–Crippen MR) is 73.7 cm³/mol. The first kappa shape index (κ1) is 15.4. The Balaban J connectivity index is 2.84. The molecule has 1 N–H and O–H groups in total. The van der Waals surface area contributed by atoms with Gasteiger partial charge < -0.3 is 14.9 Å². The Hall–Kier alpha value is -0.610. The van der Waals surface area contributed by atoms with Gasteiger partial charge in [0, 0.05) is 6.04 Å². The minimum Gasteiger partial charge on any atom is -0.481 e. The van der Waals surface area contributed by atoms with Gasteiger partial charge in [0.05, 0.1) is 5.92 Å². The maximum atomic E-state index is 11.6. The van der Waals surface area contributed by atoms with Gasteiger partial charge in [-0.3, -0.25) is 4.79 Å². The Morgan fingerprint density at radius 1 is 1.28 bits per heavy atom. The van der Waals surface area contributed by atoms with Crippen molar-refractivity contribution in [2.24, 2.45) is 17.8 Å². The lowest BCUT2D eigenvalue weighted by atomic mass is 9.77. The molecule has 1 saturated heterocycles. The van der Waals surface area contributed by atoms with Crippen LogP contribution in [0.25, 0.3) is 0 Å². The zero-order chi connectivity index (χ0) is 13.9. The molecule has 1 aliphatic heterocycles. The van der Waals surface area contributed by atoms with Crippen LogP contribution in [0, 0.1) is 17.8 Å². The monoisotopic (exact) mass is 256 g/mol. The highest BCUT2D eigenvalue weighted by Gasteiger charge is 2.38. The van der Waals surface area contributed by atoms with Crippen molar-refractivity contribution in [3.63, 3.8) is 0 Å². The zero-order valence-corrected chi connectivity index (χ0v) is 12.4. The molecule has 2 unspecified atom stereocenters. The van der Waals surface area contributed by atoms with Crippen LogP contribution in [-0.4, -0.2) is 61.2 Å². The topological polar surface area (TPSA) is 43.8 Å². The minimum absolute atomic E-state index is 0.149. The minimum atomic E-state index is -0.650. The molecule has 0 aromatic rings. The smallest absolute Gasteiger partial charge is 0.308 e. The second kappa shape index (κ2) is 6.53. The van der Waals surface area contributed by atoms with Crippen LogP contribution in [-0.2, 0) is 4.79 Å². The SMILES string of the molecule is CC(C)C(C(=O)O)C(C1CCN(C)CC1)N(C)C. The van der Waals surface area contributed by atoms with Gasteiger partial charge in [-0.15, -0.1) is 0 Å². The van der Waals surface area contributed by atoms with Crippen LogP contribution in [0.4, 0.5) is 0 Å². The van der Waals surface area contributed by atoms with Crippen molar-refractivity contribution < 1.29 is 9.90 Å². The summed E-state index contributed by atoms with van der Waals surface area (Å²) in [6.07, 6.45) is 2.21. The molecule has 1 heterocycles. The molecule has 1 rings (SSSR count). The zero-order valence-electron chi connectivity index (χ0n) is 12.4. The van der Waals surface area contributed by atoms with Gasteiger partial charge in [-0.05, 0) is 58.9 Å². The van der Waals surface area contributed by atoms with E-state index in [-0.39, 0.29) is 17.9 Å². The fourth-order valence-corrected chi connectivity index (χ4v) is 3.23. The van der Waals surface area contributed by atoms with Crippen LogP contribution in [0.2, 0.25) is 0 Å². The second-order valence-corrected chi connectivity index (χ2v) is 6.20. The lowest BCUT2D eigenvalue weighted by Gasteiger charge is -2.41. The van der Waals surface area contributed by atoms with Crippen molar-refractivity contribution in [1.29, 1.82) is 0 Å². The molecular weight excluding hydrogens is 228 g/mol. The first-order valence-electron chi connectivity index (χ1n) is 6.92. The molecule has 0 amide bonds. The summed E-state index contributed by atoms with van der Waals surface area (Å²) in [7, 11) is 6.17. The molecule has 0 saturated carbocycles. The van der Waals surface area contributed by atoms with Crippen LogP contribution < -0.4 is 0 Å². The molecule has 106 valence electrons. The van der Waals surface area contributed by atoms with E-state index in [1.54, 1.807) is 0 Å². The molecule has 0 spiro atoms. The highest BCUT2D eigenvalue weighted by Crippen LogP contribution is 2.31. The lowest BCUT2D eigenvalue weighted by molar-refractivity contribution is -0.147. The number of carboxylic acid groups (broad SMARTS) is 1. The third kappa shape index (κ3) is 3.69. The van der Waals surface area contributed by atoms with Crippen molar-refractivity contribution in [3.8, 4) is 0 Å². The van der Waals surface area contributed by atoms with Gasteiger partial charge in [0.15, 0.2) is 0 Å². The van der Waals surface area contributed by atoms with Crippen molar-refractivity contribution in [2.45, 2.75) is 32.7 Å². The Kier molecular flexibility index (Phi) is 5.60. The molecule has 18 heavy (non-hydrogen) atoms. The van der Waals surface area contributed by atoms with E-state index < -0.39 is 5.97 Å². The molecule has 0 aromatic heterocycles. The van der Waals surface area contributed by atoms with Crippen LogP contribution in [0.1, 0.15) is 26.7 Å². The summed E-state index contributed by atoms with van der Waals surface area (Å²) in [6, 6.07) is 0.149. The van der Waals surface area contributed by atoms with E-state index in [2.05, 4.69) is 16.8 Å².